The van der Waals surface area contributed by atoms with Gasteiger partial charge in [-0.25, -0.2) is 8.42 Å². The lowest BCUT2D eigenvalue weighted by Crippen LogP contribution is -2.31. The molecule has 2 unspecified atom stereocenters. The van der Waals surface area contributed by atoms with E-state index in [2.05, 4.69) is 25.7 Å². The molecule has 1 N–H and O–H groups in total. The Morgan fingerprint density at radius 1 is 1.47 bits per heavy atom. The van der Waals surface area contributed by atoms with Crippen LogP contribution in [0.25, 0.3) is 0 Å². The largest absolute Gasteiger partial charge is 0.314 e. The van der Waals surface area contributed by atoms with Crippen molar-refractivity contribution in [2.24, 2.45) is 5.92 Å². The first kappa shape index (κ1) is 14.7. The van der Waals surface area contributed by atoms with E-state index in [9.17, 15) is 8.42 Å². The molecule has 1 aliphatic heterocycles. The molecule has 1 rings (SSSR count). The second kappa shape index (κ2) is 6.55. The fourth-order valence-corrected chi connectivity index (χ4v) is 4.36. The van der Waals surface area contributed by atoms with Crippen LogP contribution in [0.2, 0.25) is 0 Å². The van der Waals surface area contributed by atoms with Gasteiger partial charge in [0, 0.05) is 6.04 Å². The summed E-state index contributed by atoms with van der Waals surface area (Å²) in [7, 11) is -2.74. The van der Waals surface area contributed by atoms with Crippen LogP contribution in [0.5, 0.6) is 0 Å². The van der Waals surface area contributed by atoms with Gasteiger partial charge in [-0.3, -0.25) is 0 Å². The van der Waals surface area contributed by atoms with Crippen molar-refractivity contribution in [1.82, 2.24) is 5.32 Å². The van der Waals surface area contributed by atoms with Crippen molar-refractivity contribution in [3.05, 3.63) is 12.2 Å². The number of hydrogen-bond acceptors (Lipinski definition) is 3. The summed E-state index contributed by atoms with van der Waals surface area (Å²) in [6, 6.07) is 0.394. The highest BCUT2D eigenvalue weighted by molar-refractivity contribution is 7.91. The summed E-state index contributed by atoms with van der Waals surface area (Å²) in [5.74, 6) is 1.10. The van der Waals surface area contributed by atoms with E-state index < -0.39 is 9.84 Å². The van der Waals surface area contributed by atoms with Crippen molar-refractivity contribution in [1.29, 1.82) is 0 Å². The third-order valence-electron chi connectivity index (χ3n) is 3.47. The quantitative estimate of drug-likeness (QED) is 0.713. The maximum absolute atomic E-state index is 11.4. The van der Waals surface area contributed by atoms with E-state index in [0.29, 0.717) is 23.5 Å². The molecule has 0 radical (unpaired) electrons. The van der Waals surface area contributed by atoms with Crippen LogP contribution in [-0.4, -0.2) is 32.5 Å². The molecule has 4 heteroatoms. The summed E-state index contributed by atoms with van der Waals surface area (Å²) in [6.07, 6.45) is 3.78. The molecule has 17 heavy (non-hydrogen) atoms. The van der Waals surface area contributed by atoms with Crippen molar-refractivity contribution < 1.29 is 8.42 Å². The average Bonchev–Trinajstić information content (AvgIpc) is 2.58. The highest BCUT2D eigenvalue weighted by atomic mass is 32.2. The van der Waals surface area contributed by atoms with Crippen LogP contribution < -0.4 is 5.32 Å². The van der Waals surface area contributed by atoms with Crippen LogP contribution in [-0.2, 0) is 9.84 Å². The summed E-state index contributed by atoms with van der Waals surface area (Å²) in [5.41, 5.74) is 1.25. The minimum atomic E-state index is -2.74. The van der Waals surface area contributed by atoms with E-state index in [1.54, 1.807) is 0 Å². The zero-order valence-corrected chi connectivity index (χ0v) is 11.9. The van der Waals surface area contributed by atoms with Crippen molar-refractivity contribution >= 4 is 9.84 Å². The van der Waals surface area contributed by atoms with Crippen LogP contribution in [0.3, 0.4) is 0 Å². The summed E-state index contributed by atoms with van der Waals surface area (Å²) < 4.78 is 22.8. The standard InChI is InChI=1S/C13H25NO2S/c1-4-11(3)8-13(14-5-2)9-12-6-7-17(15,16)10-12/h12-14H,3-10H2,1-2H3. The zero-order valence-electron chi connectivity index (χ0n) is 11.0. The molecular formula is C13H25NO2S. The predicted octanol–water partition coefficient (Wildman–Crippen LogP) is 2.15. The minimum Gasteiger partial charge on any atom is -0.314 e. The zero-order chi connectivity index (χ0) is 12.9. The molecule has 2 atom stereocenters. The fourth-order valence-electron chi connectivity index (χ4n) is 2.48. The highest BCUT2D eigenvalue weighted by Crippen LogP contribution is 2.25. The van der Waals surface area contributed by atoms with Crippen LogP contribution in [0.15, 0.2) is 12.2 Å². The fraction of sp³-hybridized carbons (Fsp3) is 0.846. The Morgan fingerprint density at radius 2 is 2.18 bits per heavy atom. The molecule has 0 saturated carbocycles. The average molecular weight is 259 g/mol. The Balaban J connectivity index is 2.46. The molecule has 0 bridgehead atoms. The molecule has 0 aliphatic carbocycles. The second-order valence-corrected chi connectivity index (χ2v) is 7.30. The number of sulfone groups is 1. The molecule has 100 valence electrons. The normalized spacial score (nSPS) is 24.7. The monoisotopic (exact) mass is 259 g/mol. The van der Waals surface area contributed by atoms with Gasteiger partial charge in [-0.15, -0.1) is 0 Å². The minimum absolute atomic E-state index is 0.341. The predicted molar refractivity (Wildman–Crippen MR) is 72.9 cm³/mol. The Hall–Kier alpha value is -0.350. The summed E-state index contributed by atoms with van der Waals surface area (Å²) in [4.78, 5) is 0. The molecule has 3 nitrogen and oxygen atoms in total. The maximum atomic E-state index is 11.4. The van der Waals surface area contributed by atoms with Crippen molar-refractivity contribution in [3.8, 4) is 0 Å². The van der Waals surface area contributed by atoms with E-state index >= 15 is 0 Å². The Bertz CT molecular complexity index is 348. The topological polar surface area (TPSA) is 46.2 Å². The molecule has 1 saturated heterocycles. The third-order valence-corrected chi connectivity index (χ3v) is 5.31. The van der Waals surface area contributed by atoms with Crippen molar-refractivity contribution in [3.63, 3.8) is 0 Å². The Labute approximate surface area is 106 Å². The van der Waals surface area contributed by atoms with Gasteiger partial charge in [-0.05, 0) is 38.1 Å². The van der Waals surface area contributed by atoms with Gasteiger partial charge < -0.3 is 5.32 Å². The molecular weight excluding hydrogens is 234 g/mol. The van der Waals surface area contributed by atoms with Gasteiger partial charge >= 0.3 is 0 Å². The van der Waals surface area contributed by atoms with Gasteiger partial charge in [0.05, 0.1) is 11.5 Å². The second-order valence-electron chi connectivity index (χ2n) is 5.07. The lowest BCUT2D eigenvalue weighted by molar-refractivity contribution is 0.407. The first-order valence-corrected chi connectivity index (χ1v) is 8.39. The number of nitrogens with one attached hydrogen (secondary N) is 1. The Morgan fingerprint density at radius 3 is 2.65 bits per heavy atom. The first-order valence-electron chi connectivity index (χ1n) is 6.57. The van der Waals surface area contributed by atoms with Gasteiger partial charge in [-0.2, -0.15) is 0 Å². The Kier molecular flexibility index (Phi) is 5.67. The smallest absolute Gasteiger partial charge is 0.150 e. The van der Waals surface area contributed by atoms with Gasteiger partial charge in [0.2, 0.25) is 0 Å². The van der Waals surface area contributed by atoms with E-state index in [-0.39, 0.29) is 0 Å². The number of hydrogen-bond donors (Lipinski definition) is 1. The van der Waals surface area contributed by atoms with Gasteiger partial charge in [0.1, 0.15) is 0 Å². The van der Waals surface area contributed by atoms with Crippen LogP contribution in [0, 0.1) is 5.92 Å². The summed E-state index contributed by atoms with van der Waals surface area (Å²) >= 11 is 0. The molecule has 0 aromatic heterocycles. The number of rotatable bonds is 7. The molecule has 0 amide bonds. The van der Waals surface area contributed by atoms with Crippen molar-refractivity contribution in [2.75, 3.05) is 18.1 Å². The summed E-state index contributed by atoms with van der Waals surface area (Å²) in [5, 5.41) is 3.45. The molecule has 1 fully saturated rings. The first-order chi connectivity index (χ1) is 7.96. The van der Waals surface area contributed by atoms with Gasteiger partial charge in [0.25, 0.3) is 0 Å². The molecule has 0 spiro atoms. The van der Waals surface area contributed by atoms with E-state index in [1.165, 1.54) is 5.57 Å². The van der Waals surface area contributed by atoms with E-state index in [0.717, 1.165) is 32.2 Å². The third kappa shape index (κ3) is 5.21. The summed E-state index contributed by atoms with van der Waals surface area (Å²) in [6.45, 7) is 9.18. The van der Waals surface area contributed by atoms with Crippen molar-refractivity contribution in [2.45, 2.75) is 45.6 Å². The SMILES string of the molecule is C=C(CC)CC(CC1CCS(=O)(=O)C1)NCC. The molecule has 0 aromatic rings. The van der Waals surface area contributed by atoms with Crippen LogP contribution >= 0.6 is 0 Å². The van der Waals surface area contributed by atoms with Gasteiger partial charge in [-0.1, -0.05) is 26.0 Å². The van der Waals surface area contributed by atoms with Crippen LogP contribution in [0.1, 0.15) is 39.5 Å². The van der Waals surface area contributed by atoms with E-state index in [1.807, 2.05) is 0 Å². The van der Waals surface area contributed by atoms with E-state index in [4.69, 9.17) is 0 Å². The lowest BCUT2D eigenvalue weighted by atomic mass is 9.94. The lowest BCUT2D eigenvalue weighted by Gasteiger charge is -2.21. The van der Waals surface area contributed by atoms with Crippen LogP contribution in [0.4, 0.5) is 0 Å². The molecule has 0 aromatic carbocycles. The maximum Gasteiger partial charge on any atom is 0.150 e. The molecule has 1 heterocycles. The molecule has 1 aliphatic rings. The highest BCUT2D eigenvalue weighted by Gasteiger charge is 2.29. The van der Waals surface area contributed by atoms with Gasteiger partial charge in [0.15, 0.2) is 9.84 Å².